The lowest BCUT2D eigenvalue weighted by Crippen LogP contribution is -2.15. The van der Waals surface area contributed by atoms with Crippen molar-refractivity contribution in [3.05, 3.63) is 56.9 Å². The molecule has 0 fully saturated rings. The summed E-state index contributed by atoms with van der Waals surface area (Å²) in [4.78, 5) is 12.4. The first-order chi connectivity index (χ1) is 10.2. The van der Waals surface area contributed by atoms with Crippen molar-refractivity contribution in [3.8, 4) is 0 Å². The minimum Gasteiger partial charge on any atom is -0.322 e. The molecule has 1 N–H and O–H groups in total. The zero-order chi connectivity index (χ0) is 16.5. The van der Waals surface area contributed by atoms with Crippen LogP contribution in [0, 0.1) is 16.3 Å². The number of carbonyl (C=O) groups is 1. The molecule has 116 valence electrons. The Morgan fingerprint density at radius 1 is 1.18 bits per heavy atom. The zero-order valence-electron chi connectivity index (χ0n) is 11.9. The van der Waals surface area contributed by atoms with Crippen molar-refractivity contribution in [2.45, 2.75) is 11.8 Å². The number of halogens is 2. The van der Waals surface area contributed by atoms with Crippen LogP contribution in [0.5, 0.6) is 0 Å². The van der Waals surface area contributed by atoms with Gasteiger partial charge in [-0.05, 0) is 65.4 Å². The maximum Gasteiger partial charge on any atom is 0.256 e. The molecule has 0 bridgehead atoms. The van der Waals surface area contributed by atoms with E-state index in [2.05, 4.69) is 5.32 Å². The van der Waals surface area contributed by atoms with Gasteiger partial charge in [-0.3, -0.25) is 4.79 Å². The molecule has 0 aromatic heterocycles. The second kappa shape index (κ2) is 6.33. The fraction of sp³-hybridized carbons (Fsp3) is 0.133. The molecule has 2 aromatic rings. The summed E-state index contributed by atoms with van der Waals surface area (Å²) in [5, 5.41) is 2.67. The summed E-state index contributed by atoms with van der Waals surface area (Å²) in [6.45, 7) is 1.76. The third-order valence-electron chi connectivity index (χ3n) is 3.06. The number of sulfone groups is 1. The highest BCUT2D eigenvalue weighted by Crippen LogP contribution is 2.22. The van der Waals surface area contributed by atoms with Crippen LogP contribution in [0.2, 0.25) is 0 Å². The van der Waals surface area contributed by atoms with E-state index >= 15 is 0 Å². The summed E-state index contributed by atoms with van der Waals surface area (Å²) in [5.41, 5.74) is 1.47. The molecule has 22 heavy (non-hydrogen) atoms. The normalized spacial score (nSPS) is 11.3. The maximum atomic E-state index is 13.1. The number of hydrogen-bond acceptors (Lipinski definition) is 3. The lowest BCUT2D eigenvalue weighted by molar-refractivity contribution is 0.102. The Bertz CT molecular complexity index is 850. The fourth-order valence-electron chi connectivity index (χ4n) is 1.83. The van der Waals surface area contributed by atoms with Gasteiger partial charge < -0.3 is 5.32 Å². The molecule has 2 rings (SSSR count). The quantitative estimate of drug-likeness (QED) is 0.755. The number of hydrogen-bond donors (Lipinski definition) is 1. The van der Waals surface area contributed by atoms with Gasteiger partial charge in [-0.25, -0.2) is 12.8 Å². The molecule has 0 unspecified atom stereocenters. The number of amides is 1. The lowest BCUT2D eigenvalue weighted by atomic mass is 10.1. The largest absolute Gasteiger partial charge is 0.322 e. The van der Waals surface area contributed by atoms with Crippen LogP contribution in [0.4, 0.5) is 10.1 Å². The van der Waals surface area contributed by atoms with Crippen LogP contribution in [0.15, 0.2) is 41.3 Å². The molecular weight excluding hydrogens is 420 g/mol. The third kappa shape index (κ3) is 3.83. The van der Waals surface area contributed by atoms with E-state index in [-0.39, 0.29) is 4.90 Å². The van der Waals surface area contributed by atoms with Gasteiger partial charge >= 0.3 is 0 Å². The van der Waals surface area contributed by atoms with Crippen molar-refractivity contribution in [3.63, 3.8) is 0 Å². The van der Waals surface area contributed by atoms with Crippen molar-refractivity contribution in [2.24, 2.45) is 0 Å². The molecule has 0 aliphatic rings. The lowest BCUT2D eigenvalue weighted by Gasteiger charge is -2.11. The summed E-state index contributed by atoms with van der Waals surface area (Å²) >= 11 is 1.88. The van der Waals surface area contributed by atoms with E-state index in [4.69, 9.17) is 0 Å². The van der Waals surface area contributed by atoms with Gasteiger partial charge in [0.25, 0.3) is 5.91 Å². The van der Waals surface area contributed by atoms with Crippen LogP contribution >= 0.6 is 22.6 Å². The van der Waals surface area contributed by atoms with Crippen LogP contribution in [0.1, 0.15) is 15.9 Å². The number of anilines is 1. The highest BCUT2D eigenvalue weighted by molar-refractivity contribution is 14.1. The second-order valence-electron chi connectivity index (χ2n) is 4.83. The summed E-state index contributed by atoms with van der Waals surface area (Å²) in [6, 6.07) is 8.39. The molecule has 0 spiro atoms. The van der Waals surface area contributed by atoms with Gasteiger partial charge in [0.15, 0.2) is 9.84 Å². The van der Waals surface area contributed by atoms with Crippen molar-refractivity contribution in [2.75, 3.05) is 11.6 Å². The van der Waals surface area contributed by atoms with Crippen molar-refractivity contribution in [1.29, 1.82) is 0 Å². The second-order valence-corrected chi connectivity index (χ2v) is 8.01. The van der Waals surface area contributed by atoms with Gasteiger partial charge in [-0.1, -0.05) is 6.07 Å². The van der Waals surface area contributed by atoms with Gasteiger partial charge in [-0.15, -0.1) is 0 Å². The highest BCUT2D eigenvalue weighted by Gasteiger charge is 2.14. The van der Waals surface area contributed by atoms with E-state index in [1.54, 1.807) is 13.0 Å². The Balaban J connectivity index is 2.36. The Labute approximate surface area is 141 Å². The van der Waals surface area contributed by atoms with Crippen LogP contribution in [-0.2, 0) is 9.84 Å². The van der Waals surface area contributed by atoms with Gasteiger partial charge in [0, 0.05) is 15.5 Å². The maximum absolute atomic E-state index is 13.1. The summed E-state index contributed by atoms with van der Waals surface area (Å²) in [5.74, 6) is -0.839. The fourth-order valence-corrected chi connectivity index (χ4v) is 3.20. The molecule has 0 aliphatic heterocycles. The molecule has 0 saturated carbocycles. The van der Waals surface area contributed by atoms with Crippen LogP contribution < -0.4 is 5.32 Å². The van der Waals surface area contributed by atoms with Gasteiger partial charge in [0.1, 0.15) is 5.82 Å². The van der Waals surface area contributed by atoms with E-state index < -0.39 is 21.6 Å². The number of rotatable bonds is 3. The first kappa shape index (κ1) is 16.9. The van der Waals surface area contributed by atoms with E-state index in [0.29, 0.717) is 14.8 Å². The summed E-state index contributed by atoms with van der Waals surface area (Å²) in [6.07, 6.45) is 1.10. The molecule has 7 heteroatoms. The molecule has 0 heterocycles. The predicted molar refractivity (Wildman–Crippen MR) is 91.4 cm³/mol. The number of aryl methyl sites for hydroxylation is 1. The zero-order valence-corrected chi connectivity index (χ0v) is 14.8. The molecular formula is C15H13FINO3S. The molecule has 2 aromatic carbocycles. The van der Waals surface area contributed by atoms with Gasteiger partial charge in [0.05, 0.1) is 10.5 Å². The molecule has 1 amide bonds. The minimum atomic E-state index is -3.36. The average molecular weight is 433 g/mol. The topological polar surface area (TPSA) is 63.2 Å². The smallest absolute Gasteiger partial charge is 0.256 e. The monoisotopic (exact) mass is 433 g/mol. The predicted octanol–water partition coefficient (Wildman–Crippen LogP) is 3.39. The number of benzene rings is 2. The van der Waals surface area contributed by atoms with Crippen molar-refractivity contribution in [1.82, 2.24) is 0 Å². The van der Waals surface area contributed by atoms with Crippen molar-refractivity contribution >= 4 is 44.0 Å². The van der Waals surface area contributed by atoms with E-state index in [1.807, 2.05) is 22.6 Å². The third-order valence-corrected chi connectivity index (χ3v) is 5.06. The van der Waals surface area contributed by atoms with Crippen LogP contribution in [0.25, 0.3) is 0 Å². The summed E-state index contributed by atoms with van der Waals surface area (Å²) in [7, 11) is -3.36. The van der Waals surface area contributed by atoms with Crippen LogP contribution in [0.3, 0.4) is 0 Å². The van der Waals surface area contributed by atoms with Gasteiger partial charge in [-0.2, -0.15) is 0 Å². The van der Waals surface area contributed by atoms with Crippen LogP contribution in [-0.4, -0.2) is 20.6 Å². The number of nitrogens with one attached hydrogen (secondary N) is 1. The minimum absolute atomic E-state index is 0.127. The Morgan fingerprint density at radius 3 is 2.45 bits per heavy atom. The standard InChI is InChI=1S/C15H13FINO3S/c1-9-3-5-11(22(2,20)21)8-14(9)18-15(19)12-6-4-10(16)7-13(12)17/h3-8H,1-2H3,(H,18,19). The molecule has 0 aliphatic carbocycles. The Hall–Kier alpha value is -1.48. The first-order valence-electron chi connectivity index (χ1n) is 6.25. The molecule has 0 saturated heterocycles. The molecule has 0 atom stereocenters. The average Bonchev–Trinajstić information content (AvgIpc) is 2.39. The summed E-state index contributed by atoms with van der Waals surface area (Å²) < 4.78 is 36.7. The Kier molecular flexibility index (Phi) is 4.86. The van der Waals surface area contributed by atoms with E-state index in [0.717, 1.165) is 11.8 Å². The Morgan fingerprint density at radius 2 is 1.86 bits per heavy atom. The SMILES string of the molecule is Cc1ccc(S(C)(=O)=O)cc1NC(=O)c1ccc(F)cc1I. The first-order valence-corrected chi connectivity index (χ1v) is 9.22. The molecule has 4 nitrogen and oxygen atoms in total. The van der Waals surface area contributed by atoms with Gasteiger partial charge in [0.2, 0.25) is 0 Å². The van der Waals surface area contributed by atoms with E-state index in [9.17, 15) is 17.6 Å². The van der Waals surface area contributed by atoms with E-state index in [1.165, 1.54) is 30.3 Å². The number of carbonyl (C=O) groups excluding carboxylic acids is 1. The molecule has 0 radical (unpaired) electrons. The van der Waals surface area contributed by atoms with Crippen molar-refractivity contribution < 1.29 is 17.6 Å². The highest BCUT2D eigenvalue weighted by atomic mass is 127.